The molecule has 0 heterocycles. The van der Waals surface area contributed by atoms with Gasteiger partial charge in [-0.15, -0.1) is 0 Å². The molecule has 0 radical (unpaired) electrons. The van der Waals surface area contributed by atoms with E-state index in [1.807, 2.05) is 0 Å². The lowest BCUT2D eigenvalue weighted by Gasteiger charge is -2.35. The van der Waals surface area contributed by atoms with Gasteiger partial charge in [-0.3, -0.25) is 0 Å². The van der Waals surface area contributed by atoms with Gasteiger partial charge in [0.25, 0.3) is 0 Å². The minimum Gasteiger partial charge on any atom is -0.388 e. The first-order valence-electron chi connectivity index (χ1n) is 7.15. The Morgan fingerprint density at radius 1 is 1.19 bits per heavy atom. The second-order valence-corrected chi connectivity index (χ2v) is 5.70. The third-order valence-electron chi connectivity index (χ3n) is 4.81. The normalized spacial score (nSPS) is 27.2. The summed E-state index contributed by atoms with van der Waals surface area (Å²) >= 11 is 0. The van der Waals surface area contributed by atoms with E-state index in [0.29, 0.717) is 0 Å². The molecule has 0 saturated heterocycles. The van der Waals surface area contributed by atoms with Crippen molar-refractivity contribution in [3.63, 3.8) is 0 Å². The zero-order valence-corrected chi connectivity index (χ0v) is 10.7. The molecule has 1 saturated carbocycles. The third-order valence-corrected chi connectivity index (χ3v) is 4.81. The Labute approximate surface area is 99.9 Å². The minimum absolute atomic E-state index is 0.141. The number of aliphatic hydroxyl groups is 1. The number of hydrogen-bond donors (Lipinski definition) is 1. The average molecular weight is 222 g/mol. The summed E-state index contributed by atoms with van der Waals surface area (Å²) in [4.78, 5) is 0. The lowest BCUT2D eigenvalue weighted by molar-refractivity contribution is 0.0508. The van der Waals surface area contributed by atoms with Crippen molar-refractivity contribution in [2.24, 2.45) is 5.41 Å². The molecule has 16 heavy (non-hydrogen) atoms. The Morgan fingerprint density at radius 2 is 1.94 bits per heavy atom. The van der Waals surface area contributed by atoms with Gasteiger partial charge in [-0.25, -0.2) is 0 Å². The maximum absolute atomic E-state index is 10.7. The first-order valence-corrected chi connectivity index (χ1v) is 7.15. The predicted molar refractivity (Wildman–Crippen MR) is 68.4 cm³/mol. The van der Waals surface area contributed by atoms with Crippen LogP contribution in [0.2, 0.25) is 0 Å². The SMILES string of the molecule is CCC1(C(O)C2=CCCCCC2)CCCC1. The zero-order chi connectivity index (χ0) is 11.4. The first-order chi connectivity index (χ1) is 7.78. The van der Waals surface area contributed by atoms with Crippen LogP contribution in [0.1, 0.15) is 71.1 Å². The van der Waals surface area contributed by atoms with Gasteiger partial charge in [-0.1, -0.05) is 32.3 Å². The van der Waals surface area contributed by atoms with Crippen molar-refractivity contribution in [1.82, 2.24) is 0 Å². The molecule has 1 N–H and O–H groups in total. The standard InChI is InChI=1S/C15H26O/c1-2-15(11-7-8-12-15)14(16)13-9-5-3-4-6-10-13/h9,14,16H,2-8,10-12H2,1H3. The van der Waals surface area contributed by atoms with Crippen LogP contribution in [0.5, 0.6) is 0 Å². The summed E-state index contributed by atoms with van der Waals surface area (Å²) in [6, 6.07) is 0. The van der Waals surface area contributed by atoms with Crippen LogP contribution < -0.4 is 0 Å². The lowest BCUT2D eigenvalue weighted by Crippen LogP contribution is -2.33. The van der Waals surface area contributed by atoms with Crippen LogP contribution in [0.25, 0.3) is 0 Å². The fourth-order valence-corrected chi connectivity index (χ4v) is 3.58. The number of aliphatic hydroxyl groups excluding tert-OH is 1. The molecule has 0 aromatic rings. The Balaban J connectivity index is 2.09. The molecule has 1 fully saturated rings. The van der Waals surface area contributed by atoms with Crippen LogP contribution in [0.4, 0.5) is 0 Å². The first kappa shape index (κ1) is 12.2. The Kier molecular flexibility index (Phi) is 4.07. The van der Waals surface area contributed by atoms with E-state index in [1.165, 1.54) is 56.9 Å². The highest BCUT2D eigenvalue weighted by Crippen LogP contribution is 2.46. The fourth-order valence-electron chi connectivity index (χ4n) is 3.58. The number of allylic oxidation sites excluding steroid dienone is 1. The summed E-state index contributed by atoms with van der Waals surface area (Å²) in [5, 5.41) is 10.7. The van der Waals surface area contributed by atoms with E-state index < -0.39 is 0 Å². The van der Waals surface area contributed by atoms with E-state index in [2.05, 4.69) is 13.0 Å². The second kappa shape index (κ2) is 5.35. The smallest absolute Gasteiger partial charge is 0.0806 e. The molecule has 1 heteroatoms. The molecular formula is C15H26O. The molecule has 2 aliphatic carbocycles. The summed E-state index contributed by atoms with van der Waals surface area (Å²) in [5.74, 6) is 0. The van der Waals surface area contributed by atoms with Gasteiger partial charge in [-0.2, -0.15) is 0 Å². The van der Waals surface area contributed by atoms with Crippen LogP contribution in [-0.4, -0.2) is 11.2 Å². The Morgan fingerprint density at radius 3 is 2.62 bits per heavy atom. The number of hydrogen-bond acceptors (Lipinski definition) is 1. The van der Waals surface area contributed by atoms with Crippen LogP contribution in [0, 0.1) is 5.41 Å². The van der Waals surface area contributed by atoms with Gasteiger partial charge in [0, 0.05) is 0 Å². The van der Waals surface area contributed by atoms with Crippen molar-refractivity contribution >= 4 is 0 Å². The van der Waals surface area contributed by atoms with Crippen molar-refractivity contribution in [3.8, 4) is 0 Å². The largest absolute Gasteiger partial charge is 0.388 e. The molecule has 1 atom stereocenters. The molecule has 92 valence electrons. The van der Waals surface area contributed by atoms with E-state index in [1.54, 1.807) is 0 Å². The summed E-state index contributed by atoms with van der Waals surface area (Å²) in [7, 11) is 0. The fraction of sp³-hybridized carbons (Fsp3) is 0.867. The van der Waals surface area contributed by atoms with Gasteiger partial charge >= 0.3 is 0 Å². The third kappa shape index (κ3) is 2.34. The van der Waals surface area contributed by atoms with E-state index in [9.17, 15) is 5.11 Å². The van der Waals surface area contributed by atoms with Gasteiger partial charge in [0.2, 0.25) is 0 Å². The monoisotopic (exact) mass is 222 g/mol. The van der Waals surface area contributed by atoms with Crippen molar-refractivity contribution in [2.45, 2.75) is 77.2 Å². The maximum atomic E-state index is 10.7. The predicted octanol–water partition coefficient (Wildman–Crippen LogP) is 4.21. The molecule has 0 aromatic carbocycles. The molecule has 0 amide bonds. The van der Waals surface area contributed by atoms with Gasteiger partial charge in [-0.05, 0) is 55.9 Å². The molecule has 2 aliphatic rings. The molecular weight excluding hydrogens is 196 g/mol. The number of rotatable bonds is 3. The van der Waals surface area contributed by atoms with Crippen LogP contribution in [-0.2, 0) is 0 Å². The lowest BCUT2D eigenvalue weighted by atomic mass is 9.74. The molecule has 0 bridgehead atoms. The van der Waals surface area contributed by atoms with Gasteiger partial charge in [0.05, 0.1) is 6.10 Å². The molecule has 0 aromatic heterocycles. The molecule has 0 spiro atoms. The van der Waals surface area contributed by atoms with Crippen molar-refractivity contribution < 1.29 is 5.11 Å². The maximum Gasteiger partial charge on any atom is 0.0806 e. The summed E-state index contributed by atoms with van der Waals surface area (Å²) < 4.78 is 0. The Bertz CT molecular complexity index is 248. The molecule has 1 unspecified atom stereocenters. The zero-order valence-electron chi connectivity index (χ0n) is 10.7. The summed E-state index contributed by atoms with van der Waals surface area (Å²) in [6.45, 7) is 2.26. The van der Waals surface area contributed by atoms with Gasteiger partial charge < -0.3 is 5.11 Å². The van der Waals surface area contributed by atoms with E-state index in [-0.39, 0.29) is 11.5 Å². The minimum atomic E-state index is -0.141. The Hall–Kier alpha value is -0.300. The van der Waals surface area contributed by atoms with Crippen molar-refractivity contribution in [3.05, 3.63) is 11.6 Å². The summed E-state index contributed by atoms with van der Waals surface area (Å²) in [6.07, 6.45) is 14.7. The highest BCUT2D eigenvalue weighted by atomic mass is 16.3. The van der Waals surface area contributed by atoms with E-state index in [4.69, 9.17) is 0 Å². The average Bonchev–Trinajstić information content (AvgIpc) is 2.64. The van der Waals surface area contributed by atoms with Crippen molar-refractivity contribution in [1.29, 1.82) is 0 Å². The molecule has 1 nitrogen and oxygen atoms in total. The van der Waals surface area contributed by atoms with Crippen LogP contribution in [0.15, 0.2) is 11.6 Å². The molecule has 0 aliphatic heterocycles. The van der Waals surface area contributed by atoms with E-state index in [0.717, 1.165) is 12.8 Å². The van der Waals surface area contributed by atoms with Crippen molar-refractivity contribution in [2.75, 3.05) is 0 Å². The molecule has 2 rings (SSSR count). The quantitative estimate of drug-likeness (QED) is 0.709. The summed E-state index contributed by atoms with van der Waals surface area (Å²) in [5.41, 5.74) is 1.59. The highest BCUT2D eigenvalue weighted by Gasteiger charge is 2.40. The van der Waals surface area contributed by atoms with Crippen LogP contribution in [0.3, 0.4) is 0 Å². The second-order valence-electron chi connectivity index (χ2n) is 5.70. The van der Waals surface area contributed by atoms with Crippen LogP contribution >= 0.6 is 0 Å². The van der Waals surface area contributed by atoms with E-state index >= 15 is 0 Å². The van der Waals surface area contributed by atoms with Gasteiger partial charge in [0.1, 0.15) is 0 Å². The van der Waals surface area contributed by atoms with Gasteiger partial charge in [0.15, 0.2) is 0 Å². The topological polar surface area (TPSA) is 20.2 Å². The highest BCUT2D eigenvalue weighted by molar-refractivity contribution is 5.15.